The Kier molecular flexibility index (Phi) is 8.90. The maximum absolute atomic E-state index is 12.7. The van der Waals surface area contributed by atoms with E-state index in [0.717, 1.165) is 6.42 Å². The van der Waals surface area contributed by atoms with Gasteiger partial charge in [0.05, 0.1) is 13.7 Å². The molecule has 34 heavy (non-hydrogen) atoms. The highest BCUT2D eigenvalue weighted by molar-refractivity contribution is 7.90. The van der Waals surface area contributed by atoms with Crippen LogP contribution in [0.2, 0.25) is 0 Å². The standard InChI is InChI=1S/C21H26N6O6S/c1-3-4-12-24-34(29,30)27-18-17(33-16-9-6-5-8-15(16)31-2)21(32-14-13-28)26-20(25-18)19-22-10-7-11-23-19/h5-11,24,28H,3-4,12-14H2,1-2H3,(H,25,26,27). The molecule has 0 aliphatic heterocycles. The van der Waals surface area contributed by atoms with Crippen LogP contribution >= 0.6 is 0 Å². The van der Waals surface area contributed by atoms with Gasteiger partial charge in [0.1, 0.15) is 6.61 Å². The fourth-order valence-corrected chi connectivity index (χ4v) is 3.58. The molecule has 182 valence electrons. The van der Waals surface area contributed by atoms with Gasteiger partial charge in [-0.25, -0.2) is 15.0 Å². The molecule has 0 amide bonds. The Morgan fingerprint density at radius 2 is 1.76 bits per heavy atom. The molecule has 0 aliphatic rings. The lowest BCUT2D eigenvalue weighted by atomic mass is 10.3. The topological polar surface area (TPSA) is 158 Å². The summed E-state index contributed by atoms with van der Waals surface area (Å²) in [6.45, 7) is 1.74. The number of aliphatic hydroxyl groups excluding tert-OH is 1. The lowest BCUT2D eigenvalue weighted by Crippen LogP contribution is -2.31. The van der Waals surface area contributed by atoms with Crippen LogP contribution in [-0.2, 0) is 10.2 Å². The van der Waals surface area contributed by atoms with E-state index >= 15 is 0 Å². The number of aliphatic hydroxyl groups is 1. The molecule has 3 N–H and O–H groups in total. The predicted molar refractivity (Wildman–Crippen MR) is 124 cm³/mol. The minimum atomic E-state index is -4.02. The van der Waals surface area contributed by atoms with E-state index < -0.39 is 10.2 Å². The molecule has 0 saturated heterocycles. The van der Waals surface area contributed by atoms with Gasteiger partial charge in [0, 0.05) is 18.9 Å². The average Bonchev–Trinajstić information content (AvgIpc) is 2.84. The van der Waals surface area contributed by atoms with Crippen LogP contribution in [0.15, 0.2) is 42.7 Å². The molecule has 2 heterocycles. The second-order valence-electron chi connectivity index (χ2n) is 6.78. The largest absolute Gasteiger partial charge is 0.493 e. The number of benzene rings is 1. The monoisotopic (exact) mass is 490 g/mol. The number of para-hydroxylation sites is 2. The fraction of sp³-hybridized carbons (Fsp3) is 0.333. The zero-order valence-electron chi connectivity index (χ0n) is 18.8. The summed E-state index contributed by atoms with van der Waals surface area (Å²) in [4.78, 5) is 16.8. The van der Waals surface area contributed by atoms with Gasteiger partial charge >= 0.3 is 0 Å². The summed E-state index contributed by atoms with van der Waals surface area (Å²) >= 11 is 0. The number of unbranched alkanes of at least 4 members (excludes halogenated alkanes) is 1. The van der Waals surface area contributed by atoms with Crippen molar-refractivity contribution in [2.24, 2.45) is 0 Å². The fourth-order valence-electron chi connectivity index (χ4n) is 2.71. The van der Waals surface area contributed by atoms with Gasteiger partial charge in [-0.1, -0.05) is 25.5 Å². The van der Waals surface area contributed by atoms with Crippen LogP contribution in [0.25, 0.3) is 11.6 Å². The predicted octanol–water partition coefficient (Wildman–Crippen LogP) is 2.15. The Balaban J connectivity index is 2.12. The first-order valence-electron chi connectivity index (χ1n) is 10.5. The average molecular weight is 491 g/mol. The molecule has 0 atom stereocenters. The minimum Gasteiger partial charge on any atom is -0.493 e. The van der Waals surface area contributed by atoms with E-state index in [0.29, 0.717) is 12.2 Å². The number of nitrogens with zero attached hydrogens (tertiary/aromatic N) is 4. The Morgan fingerprint density at radius 3 is 2.44 bits per heavy atom. The zero-order valence-corrected chi connectivity index (χ0v) is 19.6. The van der Waals surface area contributed by atoms with Gasteiger partial charge in [-0.05, 0) is 24.6 Å². The normalized spacial score (nSPS) is 11.1. The second kappa shape index (κ2) is 12.1. The van der Waals surface area contributed by atoms with Crippen molar-refractivity contribution in [2.75, 3.05) is 31.6 Å². The highest BCUT2D eigenvalue weighted by Crippen LogP contribution is 2.40. The molecular weight excluding hydrogens is 464 g/mol. The van der Waals surface area contributed by atoms with E-state index in [1.165, 1.54) is 19.5 Å². The molecule has 0 saturated carbocycles. The Bertz CT molecular complexity index is 1180. The zero-order chi connectivity index (χ0) is 24.4. The molecule has 0 bridgehead atoms. The summed E-state index contributed by atoms with van der Waals surface area (Å²) < 4.78 is 47.1. The number of ether oxygens (including phenoxy) is 3. The number of hydrogen-bond acceptors (Lipinski definition) is 10. The van der Waals surface area contributed by atoms with Crippen LogP contribution < -0.4 is 23.7 Å². The lowest BCUT2D eigenvalue weighted by Gasteiger charge is -2.18. The highest BCUT2D eigenvalue weighted by Gasteiger charge is 2.24. The molecule has 3 rings (SSSR count). The third-order valence-electron chi connectivity index (χ3n) is 4.26. The summed E-state index contributed by atoms with van der Waals surface area (Å²) in [6, 6.07) is 8.39. The second-order valence-corrected chi connectivity index (χ2v) is 8.28. The molecule has 0 spiro atoms. The molecule has 3 aromatic rings. The van der Waals surface area contributed by atoms with Crippen molar-refractivity contribution in [1.29, 1.82) is 0 Å². The van der Waals surface area contributed by atoms with Crippen molar-refractivity contribution in [2.45, 2.75) is 19.8 Å². The van der Waals surface area contributed by atoms with Gasteiger partial charge < -0.3 is 19.3 Å². The van der Waals surface area contributed by atoms with Crippen LogP contribution in [0.5, 0.6) is 23.1 Å². The van der Waals surface area contributed by atoms with E-state index in [9.17, 15) is 13.5 Å². The van der Waals surface area contributed by atoms with Crippen molar-refractivity contribution >= 4 is 16.0 Å². The Labute approximate surface area is 197 Å². The van der Waals surface area contributed by atoms with Gasteiger partial charge in [0.2, 0.25) is 11.6 Å². The van der Waals surface area contributed by atoms with E-state index in [2.05, 4.69) is 29.4 Å². The van der Waals surface area contributed by atoms with Crippen molar-refractivity contribution in [3.63, 3.8) is 0 Å². The third-order valence-corrected chi connectivity index (χ3v) is 5.31. The van der Waals surface area contributed by atoms with E-state index in [1.54, 1.807) is 30.3 Å². The number of anilines is 1. The van der Waals surface area contributed by atoms with Crippen molar-refractivity contribution in [3.8, 4) is 34.8 Å². The van der Waals surface area contributed by atoms with Gasteiger partial charge in [-0.2, -0.15) is 18.1 Å². The summed E-state index contributed by atoms with van der Waals surface area (Å²) in [6.07, 6.45) is 4.46. The van der Waals surface area contributed by atoms with Crippen molar-refractivity contribution in [1.82, 2.24) is 24.7 Å². The van der Waals surface area contributed by atoms with Gasteiger partial charge in [-0.15, -0.1) is 0 Å². The smallest absolute Gasteiger partial charge is 0.300 e. The van der Waals surface area contributed by atoms with Gasteiger partial charge in [0.15, 0.2) is 23.1 Å². The molecule has 12 nitrogen and oxygen atoms in total. The molecular formula is C21H26N6O6S. The SMILES string of the molecule is CCCCNS(=O)(=O)Nc1nc(-c2ncccn2)nc(OCCO)c1Oc1ccccc1OC. The molecule has 0 aliphatic carbocycles. The molecule has 0 unspecified atom stereocenters. The van der Waals surface area contributed by atoms with E-state index in [1.807, 2.05) is 6.92 Å². The van der Waals surface area contributed by atoms with Gasteiger partial charge in [0.25, 0.3) is 16.1 Å². The third kappa shape index (κ3) is 6.73. The van der Waals surface area contributed by atoms with Crippen LogP contribution in [0.1, 0.15) is 19.8 Å². The van der Waals surface area contributed by atoms with Crippen LogP contribution in [0.4, 0.5) is 5.82 Å². The Hall–Kier alpha value is -3.55. The number of methoxy groups -OCH3 is 1. The molecule has 0 fully saturated rings. The maximum Gasteiger partial charge on any atom is 0.300 e. The lowest BCUT2D eigenvalue weighted by molar-refractivity contribution is 0.192. The number of nitrogens with one attached hydrogen (secondary N) is 2. The maximum atomic E-state index is 12.7. The van der Waals surface area contributed by atoms with E-state index in [4.69, 9.17) is 14.2 Å². The highest BCUT2D eigenvalue weighted by atomic mass is 32.2. The minimum absolute atomic E-state index is 0.00725. The molecule has 2 aromatic heterocycles. The first-order chi connectivity index (χ1) is 16.5. The summed E-state index contributed by atoms with van der Waals surface area (Å²) in [7, 11) is -2.55. The number of hydrogen-bond donors (Lipinski definition) is 3. The van der Waals surface area contributed by atoms with Crippen molar-refractivity contribution < 1.29 is 27.7 Å². The summed E-state index contributed by atoms with van der Waals surface area (Å²) in [5.41, 5.74) is 0. The van der Waals surface area contributed by atoms with Crippen LogP contribution in [-0.4, -0.2) is 60.3 Å². The molecule has 13 heteroatoms. The number of rotatable bonds is 13. The van der Waals surface area contributed by atoms with Crippen LogP contribution in [0.3, 0.4) is 0 Å². The van der Waals surface area contributed by atoms with Gasteiger partial charge in [-0.3, -0.25) is 4.72 Å². The summed E-state index contributed by atoms with van der Waals surface area (Å²) in [5, 5.41) is 9.28. The molecule has 0 radical (unpaired) electrons. The molecule has 1 aromatic carbocycles. The number of aromatic nitrogens is 4. The van der Waals surface area contributed by atoms with E-state index in [-0.39, 0.29) is 54.6 Å². The Morgan fingerprint density at radius 1 is 1.03 bits per heavy atom. The first kappa shape index (κ1) is 25.1. The quantitative estimate of drug-likeness (QED) is 0.303. The van der Waals surface area contributed by atoms with Crippen molar-refractivity contribution in [3.05, 3.63) is 42.7 Å². The van der Waals surface area contributed by atoms with Crippen LogP contribution in [0, 0.1) is 0 Å². The summed E-state index contributed by atoms with van der Waals surface area (Å²) in [5.74, 6) is 0.334. The first-order valence-corrected chi connectivity index (χ1v) is 12.0.